The molecule has 2 rings (SSSR count). The van der Waals surface area contributed by atoms with Crippen LogP contribution in [0.5, 0.6) is 0 Å². The van der Waals surface area contributed by atoms with Crippen molar-refractivity contribution in [3.63, 3.8) is 0 Å². The van der Waals surface area contributed by atoms with E-state index in [0.717, 1.165) is 4.47 Å². The Morgan fingerprint density at radius 2 is 1.65 bits per heavy atom. The number of carbonyl (C=O) groups is 1. The molecule has 0 aliphatic heterocycles. The molecule has 0 bridgehead atoms. The van der Waals surface area contributed by atoms with Crippen LogP contribution in [-0.4, -0.2) is 21.0 Å². The zero-order valence-electron chi connectivity index (χ0n) is 12.9. The van der Waals surface area contributed by atoms with Crippen molar-refractivity contribution < 1.29 is 4.79 Å². The normalized spacial score (nSPS) is 12.2. The summed E-state index contributed by atoms with van der Waals surface area (Å²) in [5, 5.41) is 8.86. The number of anilines is 1. The number of benzene rings is 2. The molecule has 4 nitrogen and oxygen atoms in total. The van der Waals surface area contributed by atoms with Gasteiger partial charge in [-0.05, 0) is 48.6 Å². The number of amides is 1. The molecule has 0 spiro atoms. The lowest BCUT2D eigenvalue weighted by Crippen LogP contribution is -2.56. The fraction of sp³-hybridized carbons (Fsp3) is 0.125. The van der Waals surface area contributed by atoms with Gasteiger partial charge in [-0.2, -0.15) is 0 Å². The summed E-state index contributed by atoms with van der Waals surface area (Å²) in [6, 6.07) is 13.7. The van der Waals surface area contributed by atoms with Crippen LogP contribution < -0.4 is 16.0 Å². The summed E-state index contributed by atoms with van der Waals surface area (Å²) < 4.78 is -1.01. The zero-order chi connectivity index (χ0) is 19.3. The second kappa shape index (κ2) is 9.44. The van der Waals surface area contributed by atoms with Crippen molar-refractivity contribution >= 4 is 91.3 Å². The second-order valence-electron chi connectivity index (χ2n) is 5.03. The van der Waals surface area contributed by atoms with Crippen LogP contribution in [0.4, 0.5) is 5.69 Å². The molecule has 1 amide bonds. The van der Waals surface area contributed by atoms with Crippen LogP contribution in [0.2, 0.25) is 5.02 Å². The minimum atomic E-state index is -1.85. The van der Waals surface area contributed by atoms with E-state index >= 15 is 0 Å². The summed E-state index contributed by atoms with van der Waals surface area (Å²) >= 11 is 32.5. The van der Waals surface area contributed by atoms with E-state index in [-0.39, 0.29) is 5.11 Å². The number of nitrogens with one attached hydrogen (secondary N) is 3. The number of rotatable bonds is 4. The predicted molar refractivity (Wildman–Crippen MR) is 116 cm³/mol. The van der Waals surface area contributed by atoms with Crippen LogP contribution in [0.1, 0.15) is 10.4 Å². The SMILES string of the molecule is O=C(N[C@H](NC(=S)Nc1ccccc1Cl)C(Cl)(Cl)Cl)c1ccc(Br)cc1. The molecule has 0 saturated carbocycles. The van der Waals surface area contributed by atoms with Gasteiger partial charge in [-0.1, -0.05) is 74.5 Å². The molecule has 0 saturated heterocycles. The average molecular weight is 516 g/mol. The Bertz CT molecular complexity index is 799. The number of halogens is 5. The lowest BCUT2D eigenvalue weighted by molar-refractivity contribution is 0.0934. The third-order valence-corrected chi connectivity index (χ3v) is 4.84. The quantitative estimate of drug-likeness (QED) is 0.285. The number of para-hydroxylation sites is 1. The van der Waals surface area contributed by atoms with Gasteiger partial charge in [0.2, 0.25) is 3.79 Å². The number of thiocarbonyl (C=S) groups is 1. The Morgan fingerprint density at radius 3 is 2.23 bits per heavy atom. The van der Waals surface area contributed by atoms with Gasteiger partial charge in [-0.3, -0.25) is 4.79 Å². The zero-order valence-corrected chi connectivity index (χ0v) is 18.3. The molecule has 0 radical (unpaired) electrons. The lowest BCUT2D eigenvalue weighted by atomic mass is 10.2. The molecule has 0 heterocycles. The van der Waals surface area contributed by atoms with E-state index in [9.17, 15) is 4.79 Å². The van der Waals surface area contributed by atoms with E-state index in [0.29, 0.717) is 16.3 Å². The van der Waals surface area contributed by atoms with Gasteiger partial charge >= 0.3 is 0 Å². The van der Waals surface area contributed by atoms with Crippen molar-refractivity contribution in [1.29, 1.82) is 0 Å². The lowest BCUT2D eigenvalue weighted by Gasteiger charge is -2.28. The molecule has 3 N–H and O–H groups in total. The van der Waals surface area contributed by atoms with Gasteiger partial charge in [0.25, 0.3) is 5.91 Å². The monoisotopic (exact) mass is 513 g/mol. The molecule has 2 aromatic rings. The number of hydrogen-bond acceptors (Lipinski definition) is 2. The highest BCUT2D eigenvalue weighted by atomic mass is 79.9. The highest BCUT2D eigenvalue weighted by Crippen LogP contribution is 2.29. The fourth-order valence-electron chi connectivity index (χ4n) is 1.87. The first-order valence-corrected chi connectivity index (χ1v) is 9.83. The van der Waals surface area contributed by atoms with E-state index in [4.69, 9.17) is 58.6 Å². The predicted octanol–water partition coefficient (Wildman–Crippen LogP) is 5.52. The third kappa shape index (κ3) is 6.44. The van der Waals surface area contributed by atoms with Crippen molar-refractivity contribution in [2.45, 2.75) is 9.96 Å². The molecule has 0 aliphatic rings. The van der Waals surface area contributed by atoms with Crippen molar-refractivity contribution in [1.82, 2.24) is 10.6 Å². The molecular weight excluding hydrogens is 504 g/mol. The van der Waals surface area contributed by atoms with Crippen LogP contribution in [-0.2, 0) is 0 Å². The second-order valence-corrected chi connectivity index (χ2v) is 9.13. The molecule has 10 heteroatoms. The summed E-state index contributed by atoms with van der Waals surface area (Å²) in [5.74, 6) is -0.429. The van der Waals surface area contributed by atoms with Crippen molar-refractivity contribution in [3.05, 3.63) is 63.6 Å². The molecule has 0 aliphatic carbocycles. The first-order valence-electron chi connectivity index (χ1n) is 7.12. The van der Waals surface area contributed by atoms with Gasteiger partial charge in [0.05, 0.1) is 10.7 Å². The highest BCUT2D eigenvalue weighted by molar-refractivity contribution is 9.10. The van der Waals surface area contributed by atoms with Crippen molar-refractivity contribution in [2.75, 3.05) is 5.32 Å². The molecule has 0 fully saturated rings. The maximum atomic E-state index is 12.4. The van der Waals surface area contributed by atoms with Crippen LogP contribution in [0.15, 0.2) is 53.0 Å². The number of hydrogen-bond donors (Lipinski definition) is 3. The first kappa shape index (κ1) is 21.5. The van der Waals surface area contributed by atoms with E-state index in [1.165, 1.54) is 0 Å². The minimum absolute atomic E-state index is 0.130. The van der Waals surface area contributed by atoms with Gasteiger partial charge in [0.1, 0.15) is 6.17 Å². The smallest absolute Gasteiger partial charge is 0.252 e. The maximum Gasteiger partial charge on any atom is 0.252 e. The summed E-state index contributed by atoms with van der Waals surface area (Å²) in [7, 11) is 0. The molecule has 0 unspecified atom stereocenters. The molecule has 26 heavy (non-hydrogen) atoms. The third-order valence-electron chi connectivity index (χ3n) is 3.11. The summed E-state index contributed by atoms with van der Waals surface area (Å²) in [6.45, 7) is 0. The Labute approximate surface area is 184 Å². The molecule has 2 aromatic carbocycles. The number of alkyl halides is 3. The average Bonchev–Trinajstić information content (AvgIpc) is 2.56. The topological polar surface area (TPSA) is 53.2 Å². The Kier molecular flexibility index (Phi) is 7.82. The van der Waals surface area contributed by atoms with Gasteiger partial charge < -0.3 is 16.0 Å². The minimum Gasteiger partial charge on any atom is -0.339 e. The van der Waals surface area contributed by atoms with Crippen molar-refractivity contribution in [3.8, 4) is 0 Å². The van der Waals surface area contributed by atoms with E-state index in [1.807, 2.05) is 0 Å². The maximum absolute atomic E-state index is 12.4. The van der Waals surface area contributed by atoms with Crippen LogP contribution in [0.3, 0.4) is 0 Å². The summed E-state index contributed by atoms with van der Waals surface area (Å²) in [5.41, 5.74) is 0.980. The van der Waals surface area contributed by atoms with Crippen LogP contribution in [0, 0.1) is 0 Å². The van der Waals surface area contributed by atoms with E-state index in [1.54, 1.807) is 48.5 Å². The molecule has 0 aromatic heterocycles. The molecule has 1 atom stereocenters. The number of carbonyl (C=O) groups excluding carboxylic acids is 1. The Morgan fingerprint density at radius 1 is 1.04 bits per heavy atom. The Balaban J connectivity index is 2.07. The van der Waals surface area contributed by atoms with Crippen molar-refractivity contribution in [2.24, 2.45) is 0 Å². The molecule has 138 valence electrons. The van der Waals surface area contributed by atoms with E-state index < -0.39 is 15.9 Å². The summed E-state index contributed by atoms with van der Waals surface area (Å²) in [6.07, 6.45) is -1.08. The molecular formula is C16H12BrCl4N3OS. The fourth-order valence-corrected chi connectivity index (χ4v) is 2.87. The van der Waals surface area contributed by atoms with E-state index in [2.05, 4.69) is 31.9 Å². The van der Waals surface area contributed by atoms with Gasteiger partial charge in [-0.15, -0.1) is 0 Å². The van der Waals surface area contributed by atoms with Crippen LogP contribution in [0.25, 0.3) is 0 Å². The first-order chi connectivity index (χ1) is 12.2. The van der Waals surface area contributed by atoms with Gasteiger partial charge in [0.15, 0.2) is 5.11 Å². The van der Waals surface area contributed by atoms with Gasteiger partial charge in [-0.25, -0.2) is 0 Å². The highest BCUT2D eigenvalue weighted by Gasteiger charge is 2.35. The van der Waals surface area contributed by atoms with Crippen LogP contribution >= 0.6 is 74.6 Å². The Hall–Kier alpha value is -0.760. The largest absolute Gasteiger partial charge is 0.339 e. The summed E-state index contributed by atoms with van der Waals surface area (Å²) in [4.78, 5) is 12.4. The standard InChI is InChI=1S/C16H12BrCl4N3OS/c17-10-7-5-9(6-8-10)13(25)23-14(16(19,20)21)24-15(26)22-12-4-2-1-3-11(12)18/h1-8,14H,(H,23,25)(H2,22,24,26)/t14-/m1/s1. The van der Waals surface area contributed by atoms with Gasteiger partial charge in [0, 0.05) is 10.0 Å².